The first-order valence-corrected chi connectivity index (χ1v) is 11.2. The summed E-state index contributed by atoms with van der Waals surface area (Å²) in [4.78, 5) is 13.3. The first-order chi connectivity index (χ1) is 15.8. The van der Waals surface area contributed by atoms with Gasteiger partial charge in [0.05, 0.1) is 12.1 Å². The third-order valence-electron chi connectivity index (χ3n) is 6.03. The van der Waals surface area contributed by atoms with Gasteiger partial charge < -0.3 is 15.4 Å². The zero-order valence-corrected chi connectivity index (χ0v) is 17.7. The van der Waals surface area contributed by atoms with E-state index in [0.717, 1.165) is 47.4 Å². The largest absolute Gasteiger partial charge is 0.489 e. The molecule has 0 bridgehead atoms. The van der Waals surface area contributed by atoms with Crippen LogP contribution in [0.2, 0.25) is 0 Å². The van der Waals surface area contributed by atoms with Gasteiger partial charge in [0.2, 0.25) is 5.95 Å². The first kappa shape index (κ1) is 19.2. The summed E-state index contributed by atoms with van der Waals surface area (Å²) >= 11 is 0. The Balaban J connectivity index is 1.26. The molecule has 162 valence electrons. The van der Waals surface area contributed by atoms with Gasteiger partial charge in [0.15, 0.2) is 0 Å². The normalized spacial score (nSPS) is 18.2. The third kappa shape index (κ3) is 4.13. The minimum absolute atomic E-state index is 0.233. The summed E-state index contributed by atoms with van der Waals surface area (Å²) in [6.07, 6.45) is 8.90. The smallest absolute Gasteiger partial charge is 0.227 e. The Morgan fingerprint density at radius 3 is 2.94 bits per heavy atom. The van der Waals surface area contributed by atoms with E-state index in [9.17, 15) is 0 Å². The van der Waals surface area contributed by atoms with Gasteiger partial charge in [0, 0.05) is 29.9 Å². The molecule has 2 fully saturated rings. The quantitative estimate of drug-likeness (QED) is 0.465. The van der Waals surface area contributed by atoms with Crippen LogP contribution in [0, 0.1) is 0 Å². The maximum absolute atomic E-state index is 6.38. The fourth-order valence-corrected chi connectivity index (χ4v) is 4.24. The van der Waals surface area contributed by atoms with Gasteiger partial charge >= 0.3 is 0 Å². The molecule has 8 heteroatoms. The highest BCUT2D eigenvalue weighted by Gasteiger charge is 2.29. The van der Waals surface area contributed by atoms with Crippen LogP contribution in [0.1, 0.15) is 36.3 Å². The molecule has 1 aliphatic heterocycles. The van der Waals surface area contributed by atoms with Crippen molar-refractivity contribution in [2.24, 2.45) is 0 Å². The van der Waals surface area contributed by atoms with Crippen molar-refractivity contribution in [3.63, 3.8) is 0 Å². The zero-order chi connectivity index (χ0) is 21.3. The van der Waals surface area contributed by atoms with Crippen LogP contribution in [0.25, 0.3) is 10.9 Å². The number of fused-ring (bicyclic) bond motifs is 1. The highest BCUT2D eigenvalue weighted by Crippen LogP contribution is 2.46. The molecule has 0 radical (unpaired) electrons. The molecule has 1 aliphatic carbocycles. The second kappa shape index (κ2) is 8.20. The number of nitrogens with zero attached hydrogens (tertiary/aromatic N) is 5. The predicted octanol–water partition coefficient (Wildman–Crippen LogP) is 3.63. The second-order valence-electron chi connectivity index (χ2n) is 8.57. The van der Waals surface area contributed by atoms with Gasteiger partial charge in [-0.05, 0) is 61.1 Å². The van der Waals surface area contributed by atoms with Crippen LogP contribution in [0.3, 0.4) is 0 Å². The number of nitrogens with one attached hydrogen (secondary N) is 2. The van der Waals surface area contributed by atoms with Crippen molar-refractivity contribution in [3.8, 4) is 5.75 Å². The summed E-state index contributed by atoms with van der Waals surface area (Å²) in [5.74, 6) is 2.16. The van der Waals surface area contributed by atoms with E-state index in [2.05, 4.69) is 50.0 Å². The van der Waals surface area contributed by atoms with Gasteiger partial charge in [0.25, 0.3) is 0 Å². The van der Waals surface area contributed by atoms with Crippen molar-refractivity contribution < 1.29 is 4.74 Å². The predicted molar refractivity (Wildman–Crippen MR) is 122 cm³/mol. The Morgan fingerprint density at radius 2 is 2.12 bits per heavy atom. The summed E-state index contributed by atoms with van der Waals surface area (Å²) in [5, 5.41) is 11.9. The fraction of sp³-hybridized carbons (Fsp3) is 0.333. The Bertz CT molecular complexity index is 1230. The van der Waals surface area contributed by atoms with Crippen LogP contribution >= 0.6 is 0 Å². The monoisotopic (exact) mass is 427 g/mol. The maximum atomic E-state index is 6.38. The molecule has 0 unspecified atom stereocenters. The Labute approximate surface area is 186 Å². The summed E-state index contributed by atoms with van der Waals surface area (Å²) < 4.78 is 8.18. The average molecular weight is 428 g/mol. The zero-order valence-electron chi connectivity index (χ0n) is 17.7. The number of aromatic nitrogens is 5. The van der Waals surface area contributed by atoms with Crippen molar-refractivity contribution in [2.75, 3.05) is 18.4 Å². The van der Waals surface area contributed by atoms with E-state index in [1.165, 1.54) is 18.4 Å². The van der Waals surface area contributed by atoms with Crippen molar-refractivity contribution in [2.45, 2.75) is 37.8 Å². The topological polar surface area (TPSA) is 89.8 Å². The minimum atomic E-state index is 0.233. The molecule has 32 heavy (non-hydrogen) atoms. The van der Waals surface area contributed by atoms with Crippen LogP contribution in [-0.2, 0) is 6.54 Å². The van der Waals surface area contributed by atoms with E-state index >= 15 is 0 Å². The number of hydrogen-bond acceptors (Lipinski definition) is 7. The number of rotatable bonds is 7. The van der Waals surface area contributed by atoms with Gasteiger partial charge in [-0.3, -0.25) is 0 Å². The lowest BCUT2D eigenvalue weighted by molar-refractivity contribution is 0.221. The van der Waals surface area contributed by atoms with Crippen molar-refractivity contribution in [1.29, 1.82) is 0 Å². The molecule has 1 saturated heterocycles. The summed E-state index contributed by atoms with van der Waals surface area (Å²) in [5.41, 5.74) is 4.25. The van der Waals surface area contributed by atoms with Gasteiger partial charge in [-0.15, -0.1) is 0 Å². The average Bonchev–Trinajstić information content (AvgIpc) is 3.26. The molecule has 2 aliphatic rings. The van der Waals surface area contributed by atoms with Crippen molar-refractivity contribution in [3.05, 3.63) is 66.4 Å². The lowest BCUT2D eigenvalue weighted by Gasteiger charge is -2.17. The first-order valence-electron chi connectivity index (χ1n) is 11.2. The third-order valence-corrected chi connectivity index (χ3v) is 6.03. The van der Waals surface area contributed by atoms with E-state index in [1.54, 1.807) is 17.3 Å². The number of benzene rings is 2. The number of anilines is 2. The summed E-state index contributed by atoms with van der Waals surface area (Å²) in [6, 6.07) is 12.5. The Hall–Kier alpha value is -3.52. The molecular formula is C24H25N7O. The SMILES string of the molecule is c1cc(Cn2cncn2)cc(Nc2ncc3cc(C4CC4)c(O[C@@H]4CCNC4)cc3n2)c1. The Kier molecular flexibility index (Phi) is 4.92. The van der Waals surface area contributed by atoms with E-state index in [-0.39, 0.29) is 6.10 Å². The molecule has 6 rings (SSSR count). The fourth-order valence-electron chi connectivity index (χ4n) is 4.24. The lowest BCUT2D eigenvalue weighted by atomic mass is 10.1. The molecule has 0 spiro atoms. The van der Waals surface area contributed by atoms with Crippen LogP contribution in [0.5, 0.6) is 5.75 Å². The molecule has 2 aromatic carbocycles. The van der Waals surface area contributed by atoms with Gasteiger partial charge in [-0.2, -0.15) is 5.10 Å². The molecule has 1 saturated carbocycles. The number of hydrogen-bond donors (Lipinski definition) is 2. The Morgan fingerprint density at radius 1 is 1.16 bits per heavy atom. The maximum Gasteiger partial charge on any atom is 0.227 e. The molecular weight excluding hydrogens is 402 g/mol. The highest BCUT2D eigenvalue weighted by molar-refractivity contribution is 5.82. The van der Waals surface area contributed by atoms with Crippen LogP contribution in [-0.4, -0.2) is 43.9 Å². The molecule has 2 N–H and O–H groups in total. The molecule has 1 atom stereocenters. The highest BCUT2D eigenvalue weighted by atomic mass is 16.5. The van der Waals surface area contributed by atoms with Crippen molar-refractivity contribution >= 4 is 22.5 Å². The molecule has 0 amide bonds. The molecule has 8 nitrogen and oxygen atoms in total. The van der Waals surface area contributed by atoms with Gasteiger partial charge in [-0.25, -0.2) is 19.6 Å². The number of ether oxygens (including phenoxy) is 1. The molecule has 4 aromatic rings. The van der Waals surface area contributed by atoms with E-state index < -0.39 is 0 Å². The second-order valence-corrected chi connectivity index (χ2v) is 8.57. The summed E-state index contributed by atoms with van der Waals surface area (Å²) in [6.45, 7) is 2.58. The van der Waals surface area contributed by atoms with E-state index in [1.807, 2.05) is 18.3 Å². The van der Waals surface area contributed by atoms with E-state index in [0.29, 0.717) is 18.4 Å². The van der Waals surface area contributed by atoms with Gasteiger partial charge in [0.1, 0.15) is 24.5 Å². The van der Waals surface area contributed by atoms with Crippen LogP contribution in [0.15, 0.2) is 55.2 Å². The lowest BCUT2D eigenvalue weighted by Crippen LogP contribution is -2.20. The van der Waals surface area contributed by atoms with Crippen molar-refractivity contribution in [1.82, 2.24) is 30.0 Å². The van der Waals surface area contributed by atoms with Crippen LogP contribution in [0.4, 0.5) is 11.6 Å². The van der Waals surface area contributed by atoms with Gasteiger partial charge in [-0.1, -0.05) is 12.1 Å². The van der Waals surface area contributed by atoms with E-state index in [4.69, 9.17) is 9.72 Å². The molecule has 3 heterocycles. The molecule has 2 aromatic heterocycles. The van der Waals surface area contributed by atoms with Crippen LogP contribution < -0.4 is 15.4 Å². The standard InChI is InChI=1S/C24H25N7O/c1-2-16(13-31-15-26-14-28-31)8-19(3-1)29-24-27-11-18-9-21(17-4-5-17)23(10-22(18)30-24)32-20-6-7-25-12-20/h1-3,8-11,14-15,17,20,25H,4-7,12-13H2,(H,27,29,30)/t20-/m1/s1. The summed E-state index contributed by atoms with van der Waals surface area (Å²) in [7, 11) is 0. The minimum Gasteiger partial charge on any atom is -0.489 e.